The molecule has 2 aliphatic rings. The van der Waals surface area contributed by atoms with Crippen LogP contribution < -0.4 is 28.7 Å². The van der Waals surface area contributed by atoms with Crippen molar-refractivity contribution in [2.24, 2.45) is 11.8 Å². The molecule has 0 amide bonds. The van der Waals surface area contributed by atoms with Crippen LogP contribution in [0.5, 0.6) is 0 Å². The average molecular weight is 276 g/mol. The maximum atomic E-state index is 2.38. The van der Waals surface area contributed by atoms with Crippen molar-refractivity contribution in [3.63, 3.8) is 0 Å². The topological polar surface area (TPSA) is 8.88 Å². The Morgan fingerprint density at radius 2 is 1.20 bits per heavy atom. The molecule has 2 rings (SSSR count). The van der Waals surface area contributed by atoms with E-state index in [0.29, 0.717) is 0 Å². The molecule has 0 aliphatic carbocycles. The molecular weight excluding hydrogens is 239 g/mol. The average Bonchev–Trinajstić information content (AvgIpc) is 2.37. The molecule has 2 bridgehead atoms. The van der Waals surface area contributed by atoms with Crippen molar-refractivity contribution in [2.75, 3.05) is 26.2 Å². The molecule has 2 saturated heterocycles. The summed E-state index contributed by atoms with van der Waals surface area (Å²) in [6.07, 6.45) is 4.84. The molecule has 0 aromatic rings. The normalized spacial score (nSPS) is 32.4. The van der Waals surface area contributed by atoms with Crippen LogP contribution in [-0.2, 0) is 0 Å². The summed E-state index contributed by atoms with van der Waals surface area (Å²) in [5.41, 5.74) is 0. The van der Waals surface area contributed by atoms with E-state index in [1.165, 1.54) is 39.0 Å². The number of rotatable bonds is 3. The van der Waals surface area contributed by atoms with E-state index in [1.807, 2.05) is 9.80 Å². The number of nitrogens with one attached hydrogen (secondary N) is 2. The van der Waals surface area contributed by atoms with Crippen molar-refractivity contribution in [2.45, 2.75) is 66.5 Å². The third-order valence-electron chi connectivity index (χ3n) is 4.91. The predicted molar refractivity (Wildman–Crippen MR) is 83.5 cm³/mol. The summed E-state index contributed by atoms with van der Waals surface area (Å²) in [7, 11) is 0. The Kier molecular flexibility index (Phi) is 10.5. The van der Waals surface area contributed by atoms with Gasteiger partial charge in [0.1, 0.15) is 0 Å². The van der Waals surface area contributed by atoms with Crippen molar-refractivity contribution in [3.8, 4) is 0 Å². The number of hydrogen-bond donors (Lipinski definition) is 2. The molecule has 2 fully saturated rings. The fraction of sp³-hybridized carbons (Fsp3) is 0.941. The Morgan fingerprint density at radius 3 is 1.40 bits per heavy atom. The molecule has 0 aromatic heterocycles. The van der Waals surface area contributed by atoms with Crippen LogP contribution >= 0.6 is 0 Å². The second kappa shape index (κ2) is 10.3. The van der Waals surface area contributed by atoms with Gasteiger partial charge in [0, 0.05) is 0 Å². The molecule has 2 nitrogen and oxygen atoms in total. The Hall–Kier alpha value is 0.517. The van der Waals surface area contributed by atoms with Crippen LogP contribution in [-0.4, -0.2) is 38.3 Å². The summed E-state index contributed by atoms with van der Waals surface area (Å²) < 4.78 is 0. The van der Waals surface area contributed by atoms with Gasteiger partial charge in [-0.2, -0.15) is 13.3 Å². The quantitative estimate of drug-likeness (QED) is 0.430. The van der Waals surface area contributed by atoms with Crippen molar-refractivity contribution in [1.82, 2.24) is 0 Å². The molecule has 3 heteroatoms. The molecular formula is C17H37LiN2+2. The van der Waals surface area contributed by atoms with Gasteiger partial charge in [-0.25, -0.2) is 0 Å². The largest absolute Gasteiger partial charge is 1.00 e. The fourth-order valence-electron chi connectivity index (χ4n) is 3.54. The third kappa shape index (κ3) is 6.52. The van der Waals surface area contributed by atoms with Gasteiger partial charge in [0.15, 0.2) is 0 Å². The molecule has 0 unspecified atom stereocenters. The van der Waals surface area contributed by atoms with E-state index in [-0.39, 0.29) is 18.9 Å². The van der Waals surface area contributed by atoms with Gasteiger partial charge in [-0.1, -0.05) is 6.92 Å². The number of likely N-dealkylation sites (tertiary alicyclic amines) is 2. The molecule has 0 spiro atoms. The van der Waals surface area contributed by atoms with E-state index < -0.39 is 0 Å². The number of fused-ring (bicyclic) bond motifs is 2. The first kappa shape index (κ1) is 20.5. The van der Waals surface area contributed by atoms with Crippen LogP contribution in [0, 0.1) is 18.3 Å². The minimum absolute atomic E-state index is 0. The van der Waals surface area contributed by atoms with Crippen LogP contribution in [0.1, 0.15) is 54.4 Å². The van der Waals surface area contributed by atoms with E-state index in [1.54, 1.807) is 0 Å². The van der Waals surface area contributed by atoms with Crippen LogP contribution in [0.25, 0.3) is 0 Å². The molecule has 0 saturated carbocycles. The standard InChI is InChI=1S/C13H26N2.C4H9.Li/c1-10(2)14-6-12-5-13(7-14)9-15(8-12)11(3)4;1-3-4-2;/h10-13H,5-9H2,1-4H3;3H,4H2,1-2H3;/q;-1;+1/p+2. The molecule has 0 aromatic carbocycles. The molecule has 0 radical (unpaired) electrons. The van der Waals surface area contributed by atoms with E-state index in [2.05, 4.69) is 48.0 Å². The number of hydrogen-bond acceptors (Lipinski definition) is 0. The molecule has 0 atom stereocenters. The molecule has 2 N–H and O–H groups in total. The smallest absolute Gasteiger partial charge is 0.332 e. The summed E-state index contributed by atoms with van der Waals surface area (Å²) in [6, 6.07) is 1.66. The predicted octanol–water partition coefficient (Wildman–Crippen LogP) is -2.15. The van der Waals surface area contributed by atoms with E-state index >= 15 is 0 Å². The van der Waals surface area contributed by atoms with Crippen LogP contribution in [0.3, 0.4) is 0 Å². The first-order chi connectivity index (χ1) is 8.97. The van der Waals surface area contributed by atoms with Crippen molar-refractivity contribution >= 4 is 0 Å². The van der Waals surface area contributed by atoms with E-state index in [9.17, 15) is 0 Å². The minimum Gasteiger partial charge on any atom is -0.332 e. The van der Waals surface area contributed by atoms with Crippen LogP contribution in [0.2, 0.25) is 0 Å². The minimum atomic E-state index is 0. The van der Waals surface area contributed by atoms with Crippen LogP contribution in [0.15, 0.2) is 0 Å². The summed E-state index contributed by atoms with van der Waals surface area (Å²) in [5.74, 6) is 2.01. The van der Waals surface area contributed by atoms with Crippen molar-refractivity contribution in [3.05, 3.63) is 6.42 Å². The van der Waals surface area contributed by atoms with E-state index in [4.69, 9.17) is 0 Å². The second-order valence-corrected chi connectivity index (χ2v) is 7.23. The summed E-state index contributed by atoms with van der Waals surface area (Å²) >= 11 is 0. The van der Waals surface area contributed by atoms with Gasteiger partial charge in [-0.05, 0) is 34.1 Å². The zero-order chi connectivity index (χ0) is 14.4. The monoisotopic (exact) mass is 276 g/mol. The Morgan fingerprint density at radius 1 is 0.900 bits per heavy atom. The zero-order valence-electron chi connectivity index (χ0n) is 15.1. The SMILES string of the molecule is CC(C)[NH+]1CC2CC(C1)C[NH+](C(C)C)C2.C[CH-]CC.[Li+]. The molecule has 2 aliphatic heterocycles. The van der Waals surface area contributed by atoms with Gasteiger partial charge in [0.05, 0.1) is 50.1 Å². The van der Waals surface area contributed by atoms with Crippen LogP contribution in [0.4, 0.5) is 0 Å². The molecule has 20 heavy (non-hydrogen) atoms. The maximum absolute atomic E-state index is 2.38. The fourth-order valence-corrected chi connectivity index (χ4v) is 3.54. The summed E-state index contributed by atoms with van der Waals surface area (Å²) in [5, 5.41) is 0. The van der Waals surface area contributed by atoms with Gasteiger partial charge in [-0.15, -0.1) is 0 Å². The van der Waals surface area contributed by atoms with Gasteiger partial charge in [0.25, 0.3) is 0 Å². The van der Waals surface area contributed by atoms with Crippen molar-refractivity contribution in [1.29, 1.82) is 0 Å². The Labute approximate surface area is 139 Å². The first-order valence-electron chi connectivity index (χ1n) is 8.44. The van der Waals surface area contributed by atoms with Gasteiger partial charge in [-0.3, -0.25) is 0 Å². The van der Waals surface area contributed by atoms with E-state index in [0.717, 1.165) is 23.9 Å². The third-order valence-corrected chi connectivity index (χ3v) is 4.91. The second-order valence-electron chi connectivity index (χ2n) is 7.23. The Bertz CT molecular complexity index is 207. The van der Waals surface area contributed by atoms with Gasteiger partial charge < -0.3 is 16.2 Å². The van der Waals surface area contributed by atoms with Gasteiger partial charge >= 0.3 is 18.9 Å². The number of unbranched alkanes of at least 4 members (excludes halogenated alkanes) is 1. The van der Waals surface area contributed by atoms with Gasteiger partial charge in [0.2, 0.25) is 0 Å². The maximum Gasteiger partial charge on any atom is 1.00 e. The molecule has 114 valence electrons. The zero-order valence-corrected chi connectivity index (χ0v) is 15.1. The number of piperidine rings is 2. The summed E-state index contributed by atoms with van der Waals surface area (Å²) in [6.45, 7) is 19.4. The molecule has 2 heterocycles. The first-order valence-corrected chi connectivity index (χ1v) is 8.44. The summed E-state index contributed by atoms with van der Waals surface area (Å²) in [4.78, 5) is 3.72. The number of quaternary nitrogens is 2. The Balaban J connectivity index is 0.000000644. The van der Waals surface area contributed by atoms with Crippen molar-refractivity contribution < 1.29 is 28.7 Å².